The topological polar surface area (TPSA) is 49.9 Å². The second-order valence-corrected chi connectivity index (χ2v) is 0.958. The number of rotatable bonds is 1. The zero-order valence-electron chi connectivity index (χ0n) is 2.69. The lowest BCUT2D eigenvalue weighted by molar-refractivity contribution is 1.43. The van der Waals surface area contributed by atoms with Crippen LogP contribution in [0.1, 0.15) is 0 Å². The third-order valence-corrected chi connectivity index (χ3v) is 0.467. The maximum Gasteiger partial charge on any atom is 0.102 e. The molecule has 0 fully saturated rings. The van der Waals surface area contributed by atoms with Gasteiger partial charge in [0.15, 0.2) is 0 Å². The van der Waals surface area contributed by atoms with Crippen LogP contribution < -0.4 is 5.73 Å². The summed E-state index contributed by atoms with van der Waals surface area (Å²) in [5.41, 5.74) is 4.77. The fraction of sp³-hybridized carbons (Fsp3) is 0.500. The molecule has 0 aliphatic carbocycles. The Kier molecular flexibility index (Phi) is 2.01. The Bertz CT molecular complexity index is 42.9. The molecule has 3 heteroatoms. The van der Waals surface area contributed by atoms with Crippen molar-refractivity contribution in [1.82, 2.24) is 0 Å². The van der Waals surface area contributed by atoms with Crippen LogP contribution in [0, 0.1) is 5.41 Å². The first-order valence-electron chi connectivity index (χ1n) is 1.18. The smallest absolute Gasteiger partial charge is 0.102 e. The fourth-order valence-electron chi connectivity index (χ4n) is 0. The van der Waals surface area contributed by atoms with Crippen molar-refractivity contribution in [1.29, 1.82) is 5.41 Å². The van der Waals surface area contributed by atoms with Gasteiger partial charge in [-0.1, -0.05) is 12.6 Å². The monoisotopic (exact) mass is 89.0 g/mol. The van der Waals surface area contributed by atoms with Crippen LogP contribution >= 0.6 is 12.6 Å². The van der Waals surface area contributed by atoms with Crippen molar-refractivity contribution in [2.45, 2.75) is 0 Å². The van der Waals surface area contributed by atoms with Crippen LogP contribution in [0.4, 0.5) is 0 Å². The summed E-state index contributed by atoms with van der Waals surface area (Å²) in [5, 5.41) is 6.42. The summed E-state index contributed by atoms with van der Waals surface area (Å²) >= 11 is 4.33. The molecule has 0 atom stereocenters. The first-order chi connectivity index (χ1) is 2.27. The second kappa shape index (κ2) is 2.08. The van der Waals surface area contributed by atoms with E-state index in [9.17, 15) is 0 Å². The highest BCUT2D eigenvalue weighted by atomic mass is 32.1. The molecule has 5 heavy (non-hydrogen) atoms. The molecule has 0 aromatic carbocycles. The van der Waals surface area contributed by atoms with Crippen LogP contribution in [-0.2, 0) is 0 Å². The van der Waals surface area contributed by atoms with E-state index in [1.807, 2.05) is 0 Å². The van der Waals surface area contributed by atoms with Gasteiger partial charge in [-0.3, -0.25) is 5.41 Å². The summed E-state index contributed by atoms with van der Waals surface area (Å²) in [7, 11) is 0. The molecule has 0 aliphatic rings. The molecule has 0 amide bonds. The van der Waals surface area contributed by atoms with E-state index in [1.165, 1.54) is 0 Å². The summed E-state index contributed by atoms with van der Waals surface area (Å²) in [4.78, 5) is 0. The Morgan fingerprint density at radius 2 is 2.20 bits per heavy atom. The first-order valence-corrected chi connectivity index (χ1v) is 1.76. The van der Waals surface area contributed by atoms with Crippen LogP contribution in [0.5, 0.6) is 0 Å². The van der Waals surface area contributed by atoms with E-state index in [2.05, 4.69) is 12.6 Å². The van der Waals surface area contributed by atoms with Gasteiger partial charge in [0.1, 0.15) is 5.84 Å². The number of hydrogen-bond acceptors (Lipinski definition) is 1. The summed E-state index contributed by atoms with van der Waals surface area (Å²) < 4.78 is 0. The van der Waals surface area contributed by atoms with Crippen molar-refractivity contribution in [3.8, 4) is 0 Å². The minimum atomic E-state index is 0.0694. The van der Waals surface area contributed by atoms with E-state index in [-0.39, 0.29) is 11.6 Å². The maximum absolute atomic E-state index is 6.42. The summed E-state index contributed by atoms with van der Waals surface area (Å²) in [6, 6.07) is 0. The Morgan fingerprint density at radius 3 is 2.20 bits per heavy atom. The van der Waals surface area contributed by atoms with E-state index in [4.69, 9.17) is 11.1 Å². The van der Waals surface area contributed by atoms with Crippen LogP contribution in [0.15, 0.2) is 0 Å². The highest BCUT2D eigenvalue weighted by molar-refractivity contribution is 7.81. The molecule has 0 spiro atoms. The Hall–Kier alpha value is -0.180. The molecule has 0 bridgehead atoms. The second-order valence-electron chi connectivity index (χ2n) is 0.670. The van der Waals surface area contributed by atoms with Gasteiger partial charge in [0.2, 0.25) is 0 Å². The van der Waals surface area contributed by atoms with Crippen molar-refractivity contribution in [2.75, 3.05) is 5.75 Å². The van der Waals surface area contributed by atoms with Gasteiger partial charge in [-0.15, -0.1) is 0 Å². The molecule has 0 aromatic heterocycles. The number of nitrogens with one attached hydrogen (secondary N) is 1. The van der Waals surface area contributed by atoms with Gasteiger partial charge in [-0.2, -0.15) is 0 Å². The van der Waals surface area contributed by atoms with Gasteiger partial charge in [0.05, 0.1) is 5.75 Å². The van der Waals surface area contributed by atoms with Crippen LogP contribution in [-0.4, -0.2) is 11.6 Å². The van der Waals surface area contributed by atoms with Crippen LogP contribution in [0.3, 0.4) is 0 Å². The molecule has 0 aliphatic heterocycles. The maximum atomic E-state index is 6.42. The standard InChI is InChI=1S/C2H5N2S/c3-2(4)1-5/h1H2,(H3,3,4). The van der Waals surface area contributed by atoms with Gasteiger partial charge >= 0.3 is 0 Å². The molecule has 0 saturated carbocycles. The van der Waals surface area contributed by atoms with Crippen molar-refractivity contribution >= 4 is 18.5 Å². The summed E-state index contributed by atoms with van der Waals surface area (Å²) in [5.74, 6) is 0.319. The number of nitrogens with two attached hydrogens (primary N) is 1. The summed E-state index contributed by atoms with van der Waals surface area (Å²) in [6.07, 6.45) is 0. The van der Waals surface area contributed by atoms with Gasteiger partial charge in [0, 0.05) is 0 Å². The quantitative estimate of drug-likeness (QED) is 0.348. The van der Waals surface area contributed by atoms with E-state index in [0.29, 0.717) is 0 Å². The fourth-order valence-corrected chi connectivity index (χ4v) is 0. The molecule has 2 nitrogen and oxygen atoms in total. The zero-order valence-corrected chi connectivity index (χ0v) is 3.51. The van der Waals surface area contributed by atoms with Crippen molar-refractivity contribution in [3.63, 3.8) is 0 Å². The lowest BCUT2D eigenvalue weighted by Gasteiger charge is -1.77. The van der Waals surface area contributed by atoms with E-state index < -0.39 is 0 Å². The number of hydrogen-bond donors (Lipinski definition) is 2. The first kappa shape index (κ1) is 4.82. The van der Waals surface area contributed by atoms with Crippen molar-refractivity contribution in [2.24, 2.45) is 5.73 Å². The van der Waals surface area contributed by atoms with Crippen molar-refractivity contribution < 1.29 is 0 Å². The SMILES string of the molecule is N=C(N)C[S]. The molecule has 0 unspecified atom stereocenters. The highest BCUT2D eigenvalue weighted by Gasteiger charge is 1.73. The third kappa shape index (κ3) is 3.82. The minimum Gasteiger partial charge on any atom is -0.387 e. The predicted octanol–water partition coefficient (Wildman–Crippen LogP) is 0.120. The molecular formula is C2H5N2S. The average Bonchev–Trinajstić information content (AvgIpc) is 1.38. The van der Waals surface area contributed by atoms with Gasteiger partial charge in [-0.25, -0.2) is 0 Å². The van der Waals surface area contributed by atoms with Crippen LogP contribution in [0.25, 0.3) is 0 Å². The van der Waals surface area contributed by atoms with Gasteiger partial charge in [0.25, 0.3) is 0 Å². The van der Waals surface area contributed by atoms with Gasteiger partial charge < -0.3 is 5.73 Å². The van der Waals surface area contributed by atoms with E-state index in [1.54, 1.807) is 0 Å². The predicted molar refractivity (Wildman–Crippen MR) is 24.4 cm³/mol. The highest BCUT2D eigenvalue weighted by Crippen LogP contribution is 1.64. The third-order valence-electron chi connectivity index (χ3n) is 0.156. The van der Waals surface area contributed by atoms with E-state index in [0.717, 1.165) is 0 Å². The minimum absolute atomic E-state index is 0.0694. The molecule has 29 valence electrons. The Morgan fingerprint density at radius 1 is 2.00 bits per heavy atom. The molecule has 0 aromatic rings. The Balaban J connectivity index is 2.85. The molecule has 0 heterocycles. The molecule has 0 rings (SSSR count). The lowest BCUT2D eigenvalue weighted by atomic mass is 10.7. The number of amidine groups is 1. The lowest BCUT2D eigenvalue weighted by Crippen LogP contribution is -2.09. The largest absolute Gasteiger partial charge is 0.387 e. The zero-order chi connectivity index (χ0) is 4.28. The molecule has 3 N–H and O–H groups in total. The Labute approximate surface area is 36.3 Å². The van der Waals surface area contributed by atoms with Crippen molar-refractivity contribution in [3.05, 3.63) is 0 Å². The molecule has 1 radical (unpaired) electrons. The molecular weight excluding hydrogens is 84.1 g/mol. The van der Waals surface area contributed by atoms with Gasteiger partial charge in [-0.05, 0) is 0 Å². The normalized spacial score (nSPS) is 7.40. The average molecular weight is 89.1 g/mol. The molecule has 0 saturated heterocycles. The van der Waals surface area contributed by atoms with E-state index >= 15 is 0 Å². The van der Waals surface area contributed by atoms with Crippen LogP contribution in [0.2, 0.25) is 0 Å². The summed E-state index contributed by atoms with van der Waals surface area (Å²) in [6.45, 7) is 0.